The number of aryl methyl sites for hydroxylation is 1. The van der Waals surface area contributed by atoms with Gasteiger partial charge >= 0.3 is 0 Å². The van der Waals surface area contributed by atoms with Crippen molar-refractivity contribution in [1.82, 2.24) is 19.4 Å². The standard InChI is InChI=1S/C29H35N5O6/c1-31-10-4-6-24(31)23-19-25(22-18-21(37-2)8-9-26(22)38-3)34(30-23)28(35)20-33(29(36)27-7-5-15-40-27)12-11-32-13-16-39-17-14-32/h4-10,15,18,25H,11-14,16-17,19-20H2,1-3H3. The normalized spacial score (nSPS) is 17.5. The number of ether oxygens (including phenoxy) is 3. The summed E-state index contributed by atoms with van der Waals surface area (Å²) in [6.45, 7) is 3.69. The van der Waals surface area contributed by atoms with Gasteiger partial charge in [0.25, 0.3) is 11.8 Å². The van der Waals surface area contributed by atoms with Crippen molar-refractivity contribution in [3.63, 3.8) is 0 Å². The Kier molecular flexibility index (Phi) is 8.51. The Bertz CT molecular complexity index is 1340. The van der Waals surface area contributed by atoms with Gasteiger partial charge in [-0.05, 0) is 42.5 Å². The van der Waals surface area contributed by atoms with Crippen LogP contribution in [0.4, 0.5) is 0 Å². The topological polar surface area (TPSA) is 102 Å². The number of furan rings is 1. The third kappa shape index (κ3) is 5.90. The molecule has 3 aromatic rings. The molecule has 2 amide bonds. The number of carbonyl (C=O) groups excluding carboxylic acids is 2. The fourth-order valence-corrected chi connectivity index (χ4v) is 5.13. The number of benzene rings is 1. The Labute approximate surface area is 233 Å². The van der Waals surface area contributed by atoms with Crippen LogP contribution in [0.1, 0.15) is 34.3 Å². The second kappa shape index (κ2) is 12.4. The Hall–Kier alpha value is -4.09. The summed E-state index contributed by atoms with van der Waals surface area (Å²) in [6.07, 6.45) is 3.88. The molecule has 1 unspecified atom stereocenters. The molecule has 0 saturated carbocycles. The molecule has 11 nitrogen and oxygen atoms in total. The monoisotopic (exact) mass is 549 g/mol. The molecule has 4 heterocycles. The highest BCUT2D eigenvalue weighted by molar-refractivity contribution is 6.02. The summed E-state index contributed by atoms with van der Waals surface area (Å²) in [7, 11) is 5.14. The van der Waals surface area contributed by atoms with Crippen molar-refractivity contribution in [1.29, 1.82) is 0 Å². The maximum absolute atomic E-state index is 14.0. The van der Waals surface area contributed by atoms with Crippen LogP contribution < -0.4 is 9.47 Å². The first-order valence-electron chi connectivity index (χ1n) is 13.3. The van der Waals surface area contributed by atoms with Gasteiger partial charge in [0.1, 0.15) is 18.0 Å². The lowest BCUT2D eigenvalue weighted by Gasteiger charge is -2.31. The van der Waals surface area contributed by atoms with Crippen molar-refractivity contribution in [3.8, 4) is 11.5 Å². The highest BCUT2D eigenvalue weighted by atomic mass is 16.5. The van der Waals surface area contributed by atoms with Gasteiger partial charge in [0.15, 0.2) is 5.76 Å². The number of hydrogen-bond donors (Lipinski definition) is 0. The summed E-state index contributed by atoms with van der Waals surface area (Å²) < 4.78 is 24.0. The highest BCUT2D eigenvalue weighted by Gasteiger charge is 2.37. The van der Waals surface area contributed by atoms with Gasteiger partial charge in [-0.15, -0.1) is 0 Å². The van der Waals surface area contributed by atoms with E-state index in [1.165, 1.54) is 16.2 Å². The Morgan fingerprint density at radius 2 is 1.93 bits per heavy atom. The number of hydrazone groups is 1. The minimum Gasteiger partial charge on any atom is -0.497 e. The van der Waals surface area contributed by atoms with E-state index in [0.29, 0.717) is 44.2 Å². The van der Waals surface area contributed by atoms with E-state index in [2.05, 4.69) is 4.90 Å². The summed E-state index contributed by atoms with van der Waals surface area (Å²) in [4.78, 5) is 31.2. The van der Waals surface area contributed by atoms with Crippen molar-refractivity contribution in [3.05, 3.63) is 71.9 Å². The lowest BCUT2D eigenvalue weighted by molar-refractivity contribution is -0.133. The van der Waals surface area contributed by atoms with Crippen LogP contribution in [0.5, 0.6) is 11.5 Å². The first-order valence-corrected chi connectivity index (χ1v) is 13.3. The van der Waals surface area contributed by atoms with E-state index >= 15 is 0 Å². The molecule has 2 aromatic heterocycles. The molecule has 0 aliphatic carbocycles. The third-order valence-electron chi connectivity index (χ3n) is 7.34. The number of aromatic nitrogens is 1. The molecule has 5 rings (SSSR count). The second-order valence-electron chi connectivity index (χ2n) is 9.78. The number of carbonyl (C=O) groups is 2. The molecular formula is C29H35N5O6. The van der Waals surface area contributed by atoms with E-state index in [1.807, 2.05) is 48.1 Å². The Morgan fingerprint density at radius 1 is 1.10 bits per heavy atom. The van der Waals surface area contributed by atoms with E-state index < -0.39 is 6.04 Å². The van der Waals surface area contributed by atoms with E-state index in [0.717, 1.165) is 30.1 Å². The maximum atomic E-state index is 14.0. The number of rotatable bonds is 10. The van der Waals surface area contributed by atoms with Crippen LogP contribution in [0.3, 0.4) is 0 Å². The van der Waals surface area contributed by atoms with E-state index in [9.17, 15) is 9.59 Å². The van der Waals surface area contributed by atoms with E-state index in [1.54, 1.807) is 26.4 Å². The maximum Gasteiger partial charge on any atom is 0.290 e. The predicted molar refractivity (Wildman–Crippen MR) is 148 cm³/mol. The second-order valence-corrected chi connectivity index (χ2v) is 9.78. The minimum atomic E-state index is -0.442. The smallest absolute Gasteiger partial charge is 0.290 e. The molecule has 11 heteroatoms. The quantitative estimate of drug-likeness (QED) is 0.383. The average molecular weight is 550 g/mol. The molecule has 1 atom stereocenters. The number of morpholine rings is 1. The van der Waals surface area contributed by atoms with Crippen LogP contribution in [-0.4, -0.2) is 97.1 Å². The summed E-state index contributed by atoms with van der Waals surface area (Å²) >= 11 is 0. The van der Waals surface area contributed by atoms with Gasteiger partial charge in [-0.1, -0.05) is 0 Å². The number of methoxy groups -OCH3 is 2. The molecule has 1 saturated heterocycles. The van der Waals surface area contributed by atoms with Crippen LogP contribution in [0.25, 0.3) is 0 Å². The summed E-state index contributed by atoms with van der Waals surface area (Å²) in [5.74, 6) is 0.822. The molecular weight excluding hydrogens is 514 g/mol. The van der Waals surface area contributed by atoms with Crippen LogP contribution in [0.2, 0.25) is 0 Å². The van der Waals surface area contributed by atoms with Crippen molar-refractivity contribution in [2.75, 3.05) is 60.2 Å². The zero-order chi connectivity index (χ0) is 28.1. The van der Waals surface area contributed by atoms with Crippen molar-refractivity contribution in [2.45, 2.75) is 12.5 Å². The molecule has 1 aromatic carbocycles. The Morgan fingerprint density at radius 3 is 2.60 bits per heavy atom. The van der Waals surface area contributed by atoms with E-state index in [-0.39, 0.29) is 24.1 Å². The molecule has 212 valence electrons. The number of amides is 2. The van der Waals surface area contributed by atoms with Gasteiger partial charge < -0.3 is 28.1 Å². The zero-order valence-corrected chi connectivity index (χ0v) is 23.1. The van der Waals surface area contributed by atoms with Gasteiger partial charge in [0.2, 0.25) is 0 Å². The predicted octanol–water partition coefficient (Wildman–Crippen LogP) is 2.79. The number of hydrogen-bond acceptors (Lipinski definition) is 8. The fourth-order valence-electron chi connectivity index (χ4n) is 5.13. The van der Waals surface area contributed by atoms with Crippen LogP contribution >= 0.6 is 0 Å². The minimum absolute atomic E-state index is 0.156. The molecule has 40 heavy (non-hydrogen) atoms. The van der Waals surface area contributed by atoms with Crippen molar-refractivity contribution >= 4 is 17.5 Å². The SMILES string of the molecule is COc1ccc(OC)c(C2CC(c3cccn3C)=NN2C(=O)CN(CCN2CCOCC2)C(=O)c2ccco2)c1. The van der Waals surface area contributed by atoms with Crippen LogP contribution in [0.15, 0.2) is 64.4 Å². The van der Waals surface area contributed by atoms with Crippen molar-refractivity contribution < 1.29 is 28.2 Å². The Balaban J connectivity index is 1.44. The van der Waals surface area contributed by atoms with Crippen LogP contribution in [0, 0.1) is 0 Å². The first kappa shape index (κ1) is 27.5. The first-order chi connectivity index (χ1) is 19.5. The molecule has 2 aliphatic rings. The van der Waals surface area contributed by atoms with Gasteiger partial charge in [-0.25, -0.2) is 5.01 Å². The largest absolute Gasteiger partial charge is 0.497 e. The molecule has 1 fully saturated rings. The van der Waals surface area contributed by atoms with E-state index in [4.69, 9.17) is 23.7 Å². The van der Waals surface area contributed by atoms with Gasteiger partial charge in [-0.3, -0.25) is 14.5 Å². The highest BCUT2D eigenvalue weighted by Crippen LogP contribution is 2.39. The van der Waals surface area contributed by atoms with Gasteiger partial charge in [0.05, 0.1) is 51.1 Å². The third-order valence-corrected chi connectivity index (χ3v) is 7.34. The molecule has 2 aliphatic heterocycles. The number of nitrogens with zero attached hydrogens (tertiary/aromatic N) is 5. The lowest BCUT2D eigenvalue weighted by Crippen LogP contribution is -2.46. The molecule has 0 N–H and O–H groups in total. The molecule has 0 spiro atoms. The summed E-state index contributed by atoms with van der Waals surface area (Å²) in [5, 5.41) is 6.28. The average Bonchev–Trinajstić information content (AvgIpc) is 3.76. The summed E-state index contributed by atoms with van der Waals surface area (Å²) in [5.41, 5.74) is 2.46. The van der Waals surface area contributed by atoms with Gasteiger partial charge in [0, 0.05) is 51.4 Å². The molecule has 0 bridgehead atoms. The van der Waals surface area contributed by atoms with Crippen LogP contribution in [-0.2, 0) is 16.6 Å². The fraction of sp³-hybridized carbons (Fsp3) is 0.414. The summed E-state index contributed by atoms with van der Waals surface area (Å²) in [6, 6.07) is 12.3. The van der Waals surface area contributed by atoms with Gasteiger partial charge in [-0.2, -0.15) is 5.10 Å². The van der Waals surface area contributed by atoms with Crippen molar-refractivity contribution in [2.24, 2.45) is 12.1 Å². The lowest BCUT2D eigenvalue weighted by atomic mass is 9.99. The molecule has 0 radical (unpaired) electrons. The zero-order valence-electron chi connectivity index (χ0n) is 23.1.